The summed E-state index contributed by atoms with van der Waals surface area (Å²) in [6.45, 7) is 0. The zero-order valence-corrected chi connectivity index (χ0v) is 13.1. The van der Waals surface area contributed by atoms with Gasteiger partial charge in [0.2, 0.25) is 0 Å². The lowest BCUT2D eigenvalue weighted by molar-refractivity contribution is 0.246. The molecule has 1 saturated heterocycles. The van der Waals surface area contributed by atoms with E-state index in [0.29, 0.717) is 18.2 Å². The molecule has 1 unspecified atom stereocenters. The van der Waals surface area contributed by atoms with Crippen LogP contribution in [0.5, 0.6) is 0 Å². The lowest BCUT2D eigenvalue weighted by Crippen LogP contribution is -2.37. The number of thiophene rings is 1. The Labute approximate surface area is 122 Å². The van der Waals surface area contributed by atoms with Crippen molar-refractivity contribution in [3.63, 3.8) is 0 Å². The van der Waals surface area contributed by atoms with E-state index >= 15 is 0 Å². The Kier molecular flexibility index (Phi) is 4.63. The van der Waals surface area contributed by atoms with Crippen LogP contribution in [0.2, 0.25) is 0 Å². The summed E-state index contributed by atoms with van der Waals surface area (Å²) in [5.41, 5.74) is -0.294. The minimum atomic E-state index is -2.89. The van der Waals surface area contributed by atoms with E-state index in [9.17, 15) is 8.42 Å². The fraction of sp³-hybridized carbons (Fsp3) is 0.667. The predicted octanol–water partition coefficient (Wildman–Crippen LogP) is 3.19. The van der Waals surface area contributed by atoms with Crippen molar-refractivity contribution in [2.45, 2.75) is 12.8 Å². The van der Waals surface area contributed by atoms with Gasteiger partial charge in [0.05, 0.1) is 11.5 Å². The van der Waals surface area contributed by atoms with Gasteiger partial charge in [-0.25, -0.2) is 8.42 Å². The van der Waals surface area contributed by atoms with Gasteiger partial charge in [-0.1, -0.05) is 6.07 Å². The van der Waals surface area contributed by atoms with Crippen molar-refractivity contribution in [3.8, 4) is 0 Å². The molecule has 2 rings (SSSR count). The molecule has 1 aliphatic rings. The number of hydrogen-bond acceptors (Lipinski definition) is 3. The Balaban J connectivity index is 2.21. The van der Waals surface area contributed by atoms with Gasteiger partial charge in [-0.2, -0.15) is 0 Å². The highest BCUT2D eigenvalue weighted by Gasteiger charge is 2.43. The molecule has 0 aliphatic carbocycles. The van der Waals surface area contributed by atoms with Crippen molar-refractivity contribution in [2.24, 2.45) is 11.3 Å². The van der Waals surface area contributed by atoms with Crippen molar-refractivity contribution >= 4 is 44.4 Å². The Hall–Kier alpha value is 0.230. The lowest BCUT2D eigenvalue weighted by Gasteiger charge is -2.35. The summed E-state index contributed by atoms with van der Waals surface area (Å²) < 4.78 is 23.3. The van der Waals surface area contributed by atoms with Crippen LogP contribution in [0.4, 0.5) is 0 Å². The van der Waals surface area contributed by atoms with Crippen LogP contribution in [0.25, 0.3) is 0 Å². The molecule has 0 radical (unpaired) electrons. The molecule has 0 saturated carbocycles. The van der Waals surface area contributed by atoms with Crippen LogP contribution in [0, 0.1) is 11.3 Å². The van der Waals surface area contributed by atoms with Gasteiger partial charge in [0.15, 0.2) is 9.84 Å². The highest BCUT2D eigenvalue weighted by molar-refractivity contribution is 7.91. The molecule has 2 nitrogen and oxygen atoms in total. The van der Waals surface area contributed by atoms with E-state index in [4.69, 9.17) is 23.2 Å². The molecule has 1 aliphatic heterocycles. The number of hydrogen-bond donors (Lipinski definition) is 0. The smallest absolute Gasteiger partial charge is 0.150 e. The first-order valence-corrected chi connectivity index (χ1v) is 9.63. The van der Waals surface area contributed by atoms with Crippen LogP contribution in [-0.4, -0.2) is 31.7 Å². The van der Waals surface area contributed by atoms with E-state index in [1.54, 1.807) is 11.3 Å². The molecule has 0 spiro atoms. The minimum Gasteiger partial charge on any atom is -0.229 e. The van der Waals surface area contributed by atoms with Crippen LogP contribution in [0.3, 0.4) is 0 Å². The van der Waals surface area contributed by atoms with Crippen molar-refractivity contribution in [1.29, 1.82) is 0 Å². The molecule has 1 aromatic rings. The van der Waals surface area contributed by atoms with Crippen LogP contribution < -0.4 is 0 Å². The standard InChI is InChI=1S/C12H16Cl2O2S2/c13-8-12(9-14,6-11-2-1-4-17-11)10-3-5-18(15,16)7-10/h1-2,4,10H,3,5-9H2. The van der Waals surface area contributed by atoms with E-state index in [2.05, 4.69) is 6.07 Å². The van der Waals surface area contributed by atoms with E-state index < -0.39 is 9.84 Å². The molecule has 6 heteroatoms. The number of halogens is 2. The molecule has 1 atom stereocenters. The first-order chi connectivity index (χ1) is 8.51. The fourth-order valence-corrected chi connectivity index (χ4v) is 6.25. The van der Waals surface area contributed by atoms with Crippen LogP contribution in [0.15, 0.2) is 17.5 Å². The van der Waals surface area contributed by atoms with E-state index in [-0.39, 0.29) is 22.8 Å². The largest absolute Gasteiger partial charge is 0.229 e. The summed E-state index contributed by atoms with van der Waals surface area (Å²) in [6, 6.07) is 4.06. The van der Waals surface area contributed by atoms with Crippen molar-refractivity contribution < 1.29 is 8.42 Å². The predicted molar refractivity (Wildman–Crippen MR) is 78.7 cm³/mol. The second-order valence-corrected chi connectivity index (χ2v) is 8.78. The lowest BCUT2D eigenvalue weighted by atomic mass is 9.75. The van der Waals surface area contributed by atoms with Crippen LogP contribution in [-0.2, 0) is 16.3 Å². The first kappa shape index (κ1) is 14.6. The molecule has 1 aromatic heterocycles. The monoisotopic (exact) mass is 326 g/mol. The maximum Gasteiger partial charge on any atom is 0.150 e. The molecule has 102 valence electrons. The maximum absolute atomic E-state index is 11.6. The fourth-order valence-electron chi connectivity index (χ4n) is 2.53. The Morgan fingerprint density at radius 1 is 1.39 bits per heavy atom. The number of rotatable bonds is 5. The van der Waals surface area contributed by atoms with Crippen LogP contribution >= 0.6 is 34.5 Å². The summed E-state index contributed by atoms with van der Waals surface area (Å²) in [6.07, 6.45) is 1.46. The quantitative estimate of drug-likeness (QED) is 0.779. The minimum absolute atomic E-state index is 0.0830. The van der Waals surface area contributed by atoms with Crippen molar-refractivity contribution in [3.05, 3.63) is 22.4 Å². The number of sulfone groups is 1. The molecule has 0 aromatic carbocycles. The molecular weight excluding hydrogens is 311 g/mol. The van der Waals surface area contributed by atoms with Gasteiger partial charge < -0.3 is 0 Å². The summed E-state index contributed by atoms with van der Waals surface area (Å²) in [7, 11) is -2.89. The Morgan fingerprint density at radius 2 is 2.11 bits per heavy atom. The third-order valence-corrected chi connectivity index (χ3v) is 7.45. The highest BCUT2D eigenvalue weighted by Crippen LogP contribution is 2.41. The SMILES string of the molecule is O=S1(=O)CCC(C(CCl)(CCl)Cc2cccs2)C1. The van der Waals surface area contributed by atoms with Gasteiger partial charge >= 0.3 is 0 Å². The van der Waals surface area contributed by atoms with Gasteiger partial charge in [-0.15, -0.1) is 34.5 Å². The van der Waals surface area contributed by atoms with Crippen molar-refractivity contribution in [2.75, 3.05) is 23.3 Å². The normalized spacial score (nSPS) is 23.3. The summed E-state index contributed by atoms with van der Waals surface area (Å²) in [5.74, 6) is 1.41. The van der Waals surface area contributed by atoms with Crippen molar-refractivity contribution in [1.82, 2.24) is 0 Å². The summed E-state index contributed by atoms with van der Waals surface area (Å²) >= 11 is 14.0. The zero-order valence-electron chi connectivity index (χ0n) is 9.94. The van der Waals surface area contributed by atoms with E-state index in [0.717, 1.165) is 6.42 Å². The molecule has 1 fully saturated rings. The Morgan fingerprint density at radius 3 is 2.56 bits per heavy atom. The van der Waals surface area contributed by atoms with Crippen LogP contribution in [0.1, 0.15) is 11.3 Å². The Bertz CT molecular complexity index is 478. The number of alkyl halides is 2. The molecule has 2 heterocycles. The van der Waals surface area contributed by atoms with Gasteiger partial charge in [-0.05, 0) is 30.2 Å². The molecule has 18 heavy (non-hydrogen) atoms. The van der Waals surface area contributed by atoms with Gasteiger partial charge in [0.1, 0.15) is 0 Å². The third-order valence-electron chi connectivity index (χ3n) is 3.74. The van der Waals surface area contributed by atoms with Gasteiger partial charge in [0, 0.05) is 22.1 Å². The average Bonchev–Trinajstić information content (AvgIpc) is 2.95. The molecule has 0 amide bonds. The van der Waals surface area contributed by atoms with E-state index in [1.807, 2.05) is 11.4 Å². The first-order valence-electron chi connectivity index (χ1n) is 5.86. The zero-order chi connectivity index (χ0) is 13.2. The second-order valence-electron chi connectivity index (χ2n) is 4.99. The van der Waals surface area contributed by atoms with Gasteiger partial charge in [-0.3, -0.25) is 0 Å². The molecule has 0 N–H and O–H groups in total. The second kappa shape index (κ2) is 5.70. The summed E-state index contributed by atoms with van der Waals surface area (Å²) in [4.78, 5) is 1.22. The topological polar surface area (TPSA) is 34.1 Å². The molecular formula is C12H16Cl2O2S2. The maximum atomic E-state index is 11.6. The molecule has 0 bridgehead atoms. The highest BCUT2D eigenvalue weighted by atomic mass is 35.5. The summed E-state index contributed by atoms with van der Waals surface area (Å²) in [5, 5.41) is 2.02. The third kappa shape index (κ3) is 3.03. The van der Waals surface area contributed by atoms with Gasteiger partial charge in [0.25, 0.3) is 0 Å². The van der Waals surface area contributed by atoms with E-state index in [1.165, 1.54) is 4.88 Å². The average molecular weight is 327 g/mol.